The maximum Gasteiger partial charge on any atom is 0.203 e. The highest BCUT2D eigenvalue weighted by Crippen LogP contribution is 2.39. The minimum absolute atomic E-state index is 0.606. The van der Waals surface area contributed by atoms with Crippen LogP contribution in [0.25, 0.3) is 0 Å². The molecule has 1 fully saturated rings. The van der Waals surface area contributed by atoms with Crippen LogP contribution in [0.2, 0.25) is 0 Å². The predicted molar refractivity (Wildman–Crippen MR) is 125 cm³/mol. The van der Waals surface area contributed by atoms with Crippen LogP contribution in [-0.2, 0) is 6.54 Å². The monoisotopic (exact) mass is 431 g/mol. The molecule has 6 heteroatoms. The van der Waals surface area contributed by atoms with E-state index < -0.39 is 0 Å². The van der Waals surface area contributed by atoms with Crippen molar-refractivity contribution in [3.05, 3.63) is 17.7 Å². The summed E-state index contributed by atoms with van der Waals surface area (Å²) in [4.78, 5) is 4.80. The summed E-state index contributed by atoms with van der Waals surface area (Å²) >= 11 is 0. The first-order chi connectivity index (χ1) is 15.2. The minimum atomic E-state index is 0.606. The van der Waals surface area contributed by atoms with Gasteiger partial charge in [0.2, 0.25) is 5.75 Å². The largest absolute Gasteiger partial charge is 0.493 e. The number of nitriles is 1. The Hall–Kier alpha value is -1.97. The van der Waals surface area contributed by atoms with Gasteiger partial charge >= 0.3 is 0 Å². The summed E-state index contributed by atoms with van der Waals surface area (Å²) < 4.78 is 17.4. The SMILES string of the molecule is CCCCCCCCCOc1c(OC)cc(CN2CCN(CCC#N)CC2)cc1OC. The number of hydrogen-bond donors (Lipinski definition) is 0. The number of ether oxygens (including phenoxy) is 3. The van der Waals surface area contributed by atoms with Crippen molar-refractivity contribution in [1.29, 1.82) is 5.26 Å². The van der Waals surface area contributed by atoms with E-state index >= 15 is 0 Å². The van der Waals surface area contributed by atoms with Gasteiger partial charge in [-0.2, -0.15) is 5.26 Å². The molecule has 1 aromatic carbocycles. The third-order valence-electron chi connectivity index (χ3n) is 5.93. The van der Waals surface area contributed by atoms with Gasteiger partial charge < -0.3 is 14.2 Å². The van der Waals surface area contributed by atoms with E-state index in [1.54, 1.807) is 14.2 Å². The van der Waals surface area contributed by atoms with Crippen LogP contribution >= 0.6 is 0 Å². The molecule has 1 saturated heterocycles. The molecule has 0 bridgehead atoms. The van der Waals surface area contributed by atoms with E-state index in [1.165, 1.54) is 44.1 Å². The molecule has 6 nitrogen and oxygen atoms in total. The molecule has 0 N–H and O–H groups in total. The Bertz CT molecular complexity index is 641. The Morgan fingerprint density at radius 3 is 2.03 bits per heavy atom. The second-order valence-corrected chi connectivity index (χ2v) is 8.33. The van der Waals surface area contributed by atoms with Gasteiger partial charge in [0.05, 0.1) is 26.9 Å². The average molecular weight is 432 g/mol. The van der Waals surface area contributed by atoms with Gasteiger partial charge in [-0.05, 0) is 24.1 Å². The molecule has 1 heterocycles. The van der Waals surface area contributed by atoms with Crippen molar-refractivity contribution in [2.24, 2.45) is 0 Å². The van der Waals surface area contributed by atoms with Crippen LogP contribution < -0.4 is 14.2 Å². The molecule has 0 saturated carbocycles. The van der Waals surface area contributed by atoms with Gasteiger partial charge in [-0.3, -0.25) is 9.80 Å². The van der Waals surface area contributed by atoms with Crippen molar-refractivity contribution in [3.63, 3.8) is 0 Å². The number of methoxy groups -OCH3 is 2. The van der Waals surface area contributed by atoms with E-state index in [2.05, 4.69) is 34.9 Å². The van der Waals surface area contributed by atoms with Crippen molar-refractivity contribution in [3.8, 4) is 23.3 Å². The lowest BCUT2D eigenvalue weighted by Crippen LogP contribution is -2.46. The van der Waals surface area contributed by atoms with E-state index in [0.29, 0.717) is 18.8 Å². The first-order valence-electron chi connectivity index (χ1n) is 11.9. The highest BCUT2D eigenvalue weighted by atomic mass is 16.5. The molecule has 0 radical (unpaired) electrons. The van der Waals surface area contributed by atoms with Crippen LogP contribution in [0.4, 0.5) is 0 Å². The third kappa shape index (κ3) is 8.96. The van der Waals surface area contributed by atoms with Crippen molar-refractivity contribution >= 4 is 0 Å². The lowest BCUT2D eigenvalue weighted by atomic mass is 10.1. The minimum Gasteiger partial charge on any atom is -0.493 e. The van der Waals surface area contributed by atoms with Gasteiger partial charge in [0.15, 0.2) is 11.5 Å². The maximum absolute atomic E-state index is 8.76. The molecule has 0 amide bonds. The molecule has 1 aliphatic heterocycles. The van der Waals surface area contributed by atoms with Gasteiger partial charge in [0, 0.05) is 45.7 Å². The zero-order valence-corrected chi connectivity index (χ0v) is 19.8. The summed E-state index contributed by atoms with van der Waals surface area (Å²) in [6, 6.07) is 6.38. The number of piperazine rings is 1. The molecular weight excluding hydrogens is 390 g/mol. The van der Waals surface area contributed by atoms with Crippen molar-refractivity contribution in [2.45, 2.75) is 64.8 Å². The fraction of sp³-hybridized carbons (Fsp3) is 0.720. The van der Waals surface area contributed by atoms with Gasteiger partial charge in [0.25, 0.3) is 0 Å². The molecule has 0 aromatic heterocycles. The fourth-order valence-electron chi connectivity index (χ4n) is 4.04. The molecule has 1 aromatic rings. The van der Waals surface area contributed by atoms with E-state index in [4.69, 9.17) is 19.5 Å². The van der Waals surface area contributed by atoms with Crippen LogP contribution in [0.3, 0.4) is 0 Å². The zero-order chi connectivity index (χ0) is 22.3. The van der Waals surface area contributed by atoms with Gasteiger partial charge in [-0.25, -0.2) is 0 Å². The van der Waals surface area contributed by atoms with E-state index in [9.17, 15) is 0 Å². The van der Waals surface area contributed by atoms with Crippen molar-refractivity contribution in [2.75, 3.05) is 53.6 Å². The Balaban J connectivity index is 1.85. The lowest BCUT2D eigenvalue weighted by Gasteiger charge is -2.34. The van der Waals surface area contributed by atoms with Gasteiger partial charge in [-0.15, -0.1) is 0 Å². The summed E-state index contributed by atoms with van der Waals surface area (Å²) in [5.41, 5.74) is 1.17. The number of benzene rings is 1. The highest BCUT2D eigenvalue weighted by Gasteiger charge is 2.19. The van der Waals surface area contributed by atoms with E-state index in [1.807, 2.05) is 0 Å². The smallest absolute Gasteiger partial charge is 0.203 e. The zero-order valence-electron chi connectivity index (χ0n) is 19.8. The molecule has 0 unspecified atom stereocenters. The summed E-state index contributed by atoms with van der Waals surface area (Å²) in [5, 5.41) is 8.76. The summed E-state index contributed by atoms with van der Waals surface area (Å²) in [6.45, 7) is 8.70. The second kappa shape index (κ2) is 14.9. The Morgan fingerprint density at radius 2 is 1.45 bits per heavy atom. The summed E-state index contributed by atoms with van der Waals surface area (Å²) in [6.07, 6.45) is 9.43. The van der Waals surface area contributed by atoms with Crippen molar-refractivity contribution in [1.82, 2.24) is 9.80 Å². The molecule has 0 atom stereocenters. The lowest BCUT2D eigenvalue weighted by molar-refractivity contribution is 0.129. The summed E-state index contributed by atoms with van der Waals surface area (Å²) in [7, 11) is 3.38. The molecule has 31 heavy (non-hydrogen) atoms. The Morgan fingerprint density at radius 1 is 0.871 bits per heavy atom. The third-order valence-corrected chi connectivity index (χ3v) is 5.93. The van der Waals surface area contributed by atoms with Crippen LogP contribution in [0.5, 0.6) is 17.2 Å². The quantitative estimate of drug-likeness (QED) is 0.370. The van der Waals surface area contributed by atoms with E-state index in [0.717, 1.165) is 57.2 Å². The predicted octanol–water partition coefficient (Wildman–Crippen LogP) is 4.86. The Kier molecular flexibility index (Phi) is 12.2. The van der Waals surface area contributed by atoms with E-state index in [-0.39, 0.29) is 0 Å². The van der Waals surface area contributed by atoms with Crippen molar-refractivity contribution < 1.29 is 14.2 Å². The molecular formula is C25H41N3O3. The molecule has 2 rings (SSSR count). The first kappa shape index (κ1) is 25.3. The van der Waals surface area contributed by atoms with Gasteiger partial charge in [0.1, 0.15) is 0 Å². The number of unbranched alkanes of at least 4 members (excludes halogenated alkanes) is 6. The molecule has 174 valence electrons. The standard InChI is InChI=1S/C25H41N3O3/c1-4-5-6-7-8-9-10-18-31-25-23(29-2)19-22(20-24(25)30-3)21-28-16-14-27(15-17-28)13-11-12-26/h19-20H,4-11,13-18,21H2,1-3H3. The highest BCUT2D eigenvalue weighted by molar-refractivity contribution is 5.53. The average Bonchev–Trinajstić information content (AvgIpc) is 2.80. The van der Waals surface area contributed by atoms with Crippen LogP contribution in [0.1, 0.15) is 63.9 Å². The fourth-order valence-corrected chi connectivity index (χ4v) is 4.04. The molecule has 1 aliphatic rings. The van der Waals surface area contributed by atoms with Crippen LogP contribution in [0.15, 0.2) is 12.1 Å². The van der Waals surface area contributed by atoms with Gasteiger partial charge in [-0.1, -0.05) is 45.4 Å². The number of nitrogens with zero attached hydrogens (tertiary/aromatic N) is 3. The second-order valence-electron chi connectivity index (χ2n) is 8.33. The first-order valence-corrected chi connectivity index (χ1v) is 11.9. The number of hydrogen-bond acceptors (Lipinski definition) is 6. The maximum atomic E-state index is 8.76. The molecule has 0 spiro atoms. The number of rotatable bonds is 15. The summed E-state index contributed by atoms with van der Waals surface area (Å²) in [5.74, 6) is 2.19. The Labute approximate surface area is 189 Å². The normalized spacial score (nSPS) is 14.9. The molecule has 0 aliphatic carbocycles. The topological polar surface area (TPSA) is 58.0 Å². The van der Waals surface area contributed by atoms with Crippen LogP contribution in [0, 0.1) is 11.3 Å². The van der Waals surface area contributed by atoms with Crippen LogP contribution in [-0.4, -0.2) is 63.4 Å².